The molecule has 0 saturated heterocycles. The van der Waals surface area contributed by atoms with Crippen LogP contribution in [0.15, 0.2) is 41.0 Å². The Labute approximate surface area is 76.5 Å². The average molecular weight is 177 g/mol. The third kappa shape index (κ3) is 2.99. The van der Waals surface area contributed by atoms with Crippen molar-refractivity contribution in [2.24, 2.45) is 5.73 Å². The zero-order valence-corrected chi connectivity index (χ0v) is 7.36. The van der Waals surface area contributed by atoms with Crippen LogP contribution in [-0.4, -0.2) is 5.91 Å². The second kappa shape index (κ2) is 4.30. The van der Waals surface area contributed by atoms with Crippen LogP contribution in [0.25, 0.3) is 11.3 Å². The van der Waals surface area contributed by atoms with Crippen molar-refractivity contribution in [2.45, 2.75) is 6.92 Å². The molecule has 1 heterocycles. The summed E-state index contributed by atoms with van der Waals surface area (Å²) < 4.78 is 5.15. The van der Waals surface area contributed by atoms with E-state index in [1.165, 1.54) is 6.92 Å². The summed E-state index contributed by atoms with van der Waals surface area (Å²) in [5, 5.41) is 0. The molecular weight excluding hydrogens is 166 g/mol. The molecule has 0 fully saturated rings. The maximum atomic E-state index is 9.22. The number of carbonyl (C=O) groups is 1. The molecule has 1 aliphatic heterocycles. The van der Waals surface area contributed by atoms with Gasteiger partial charge in [0, 0.05) is 12.5 Å². The molecule has 1 aliphatic carbocycles. The summed E-state index contributed by atoms with van der Waals surface area (Å²) in [6.45, 7) is 1.31. The van der Waals surface area contributed by atoms with Crippen molar-refractivity contribution in [2.75, 3.05) is 0 Å². The number of primary amides is 1. The molecule has 0 spiro atoms. The largest absolute Gasteiger partial charge is 0.464 e. The number of amides is 1. The molecule has 13 heavy (non-hydrogen) atoms. The summed E-state index contributed by atoms with van der Waals surface area (Å²) >= 11 is 0. The SMILES string of the molecule is CC(N)=O.c1coc2cccc-2c1. The van der Waals surface area contributed by atoms with E-state index in [1.54, 1.807) is 6.26 Å². The quantitative estimate of drug-likeness (QED) is 0.667. The van der Waals surface area contributed by atoms with Gasteiger partial charge in [0.1, 0.15) is 5.76 Å². The standard InChI is InChI=1S/C8H6O.C2H5NO/c1-3-7-4-2-6-9-8(7)5-1;1-2(3)4/h1-6H;1H3,(H2,3,4). The molecule has 2 rings (SSSR count). The van der Waals surface area contributed by atoms with Crippen LogP contribution < -0.4 is 5.73 Å². The first kappa shape index (κ1) is 9.32. The molecule has 0 aromatic rings. The Bertz CT molecular complexity index is 323. The topological polar surface area (TPSA) is 56.2 Å². The second-order valence-corrected chi connectivity index (χ2v) is 2.57. The number of carbonyl (C=O) groups excluding carboxylic acids is 1. The van der Waals surface area contributed by atoms with Gasteiger partial charge in [-0.05, 0) is 18.2 Å². The van der Waals surface area contributed by atoms with Crippen molar-refractivity contribution < 1.29 is 9.21 Å². The highest BCUT2D eigenvalue weighted by molar-refractivity contribution is 5.70. The predicted octanol–water partition coefficient (Wildman–Crippen LogP) is 1.88. The van der Waals surface area contributed by atoms with Crippen molar-refractivity contribution in [1.29, 1.82) is 0 Å². The van der Waals surface area contributed by atoms with E-state index in [1.807, 2.05) is 30.3 Å². The minimum Gasteiger partial charge on any atom is -0.464 e. The summed E-state index contributed by atoms with van der Waals surface area (Å²) in [7, 11) is 0. The number of rotatable bonds is 0. The third-order valence-corrected chi connectivity index (χ3v) is 1.36. The maximum Gasteiger partial charge on any atom is 0.214 e. The van der Waals surface area contributed by atoms with E-state index in [0.29, 0.717) is 0 Å². The maximum absolute atomic E-state index is 9.22. The Morgan fingerprint density at radius 2 is 1.92 bits per heavy atom. The Morgan fingerprint density at radius 1 is 1.31 bits per heavy atom. The molecule has 0 atom stereocenters. The Kier molecular flexibility index (Phi) is 3.09. The number of hydrogen-bond acceptors (Lipinski definition) is 2. The fourth-order valence-electron chi connectivity index (χ4n) is 0.918. The summed E-state index contributed by atoms with van der Waals surface area (Å²) in [4.78, 5) is 9.22. The van der Waals surface area contributed by atoms with Crippen LogP contribution in [0.1, 0.15) is 6.92 Å². The molecule has 3 nitrogen and oxygen atoms in total. The normalized spacial score (nSPS) is 9.00. The van der Waals surface area contributed by atoms with Gasteiger partial charge in [-0.25, -0.2) is 0 Å². The molecule has 0 saturated carbocycles. The molecular formula is C10H11NO2. The van der Waals surface area contributed by atoms with Crippen molar-refractivity contribution in [1.82, 2.24) is 0 Å². The van der Waals surface area contributed by atoms with E-state index in [0.717, 1.165) is 11.3 Å². The summed E-state index contributed by atoms with van der Waals surface area (Å²) in [5.41, 5.74) is 5.64. The Morgan fingerprint density at radius 3 is 2.54 bits per heavy atom. The lowest BCUT2D eigenvalue weighted by atomic mass is 10.3. The molecule has 2 aliphatic rings. The molecule has 2 N–H and O–H groups in total. The lowest BCUT2D eigenvalue weighted by Crippen LogP contribution is -2.01. The van der Waals surface area contributed by atoms with Crippen molar-refractivity contribution in [3.05, 3.63) is 36.6 Å². The second-order valence-electron chi connectivity index (χ2n) is 2.57. The van der Waals surface area contributed by atoms with Gasteiger partial charge in [-0.2, -0.15) is 0 Å². The molecule has 68 valence electrons. The number of fused-ring (bicyclic) bond motifs is 1. The van der Waals surface area contributed by atoms with E-state index in [4.69, 9.17) is 4.42 Å². The van der Waals surface area contributed by atoms with Gasteiger partial charge in [0.15, 0.2) is 0 Å². The molecule has 0 unspecified atom stereocenters. The Balaban J connectivity index is 0.000000184. The smallest absolute Gasteiger partial charge is 0.214 e. The van der Waals surface area contributed by atoms with Gasteiger partial charge >= 0.3 is 0 Å². The summed E-state index contributed by atoms with van der Waals surface area (Å²) in [6, 6.07) is 9.88. The van der Waals surface area contributed by atoms with E-state index in [-0.39, 0.29) is 5.91 Å². The highest BCUT2D eigenvalue weighted by Crippen LogP contribution is 2.20. The van der Waals surface area contributed by atoms with E-state index in [9.17, 15) is 4.79 Å². The van der Waals surface area contributed by atoms with Crippen LogP contribution in [0.2, 0.25) is 0 Å². The molecule has 0 aromatic heterocycles. The first-order chi connectivity index (χ1) is 6.20. The minimum atomic E-state index is -0.333. The van der Waals surface area contributed by atoms with Gasteiger partial charge in [0.05, 0.1) is 6.26 Å². The van der Waals surface area contributed by atoms with Gasteiger partial charge < -0.3 is 10.2 Å². The highest BCUT2D eigenvalue weighted by Gasteiger charge is 1.98. The van der Waals surface area contributed by atoms with Crippen LogP contribution in [-0.2, 0) is 4.79 Å². The first-order valence-corrected chi connectivity index (χ1v) is 3.88. The van der Waals surface area contributed by atoms with Crippen LogP contribution >= 0.6 is 0 Å². The van der Waals surface area contributed by atoms with Crippen molar-refractivity contribution >= 4 is 5.91 Å². The predicted molar refractivity (Wildman–Crippen MR) is 50.2 cm³/mol. The zero-order chi connectivity index (χ0) is 9.68. The van der Waals surface area contributed by atoms with Gasteiger partial charge in [-0.3, -0.25) is 4.79 Å². The third-order valence-electron chi connectivity index (χ3n) is 1.36. The van der Waals surface area contributed by atoms with Crippen LogP contribution in [0.3, 0.4) is 0 Å². The lowest BCUT2D eigenvalue weighted by Gasteiger charge is -1.92. The minimum absolute atomic E-state index is 0.333. The molecule has 0 aromatic carbocycles. The monoisotopic (exact) mass is 177 g/mol. The first-order valence-electron chi connectivity index (χ1n) is 3.88. The number of nitrogens with two attached hydrogens (primary N) is 1. The molecule has 3 heteroatoms. The van der Waals surface area contributed by atoms with Gasteiger partial charge in [-0.15, -0.1) is 0 Å². The van der Waals surface area contributed by atoms with E-state index < -0.39 is 0 Å². The van der Waals surface area contributed by atoms with Gasteiger partial charge in [0.2, 0.25) is 5.91 Å². The summed E-state index contributed by atoms with van der Waals surface area (Å²) in [6.07, 6.45) is 1.68. The zero-order valence-electron chi connectivity index (χ0n) is 7.36. The molecule has 1 amide bonds. The van der Waals surface area contributed by atoms with E-state index >= 15 is 0 Å². The molecule has 0 radical (unpaired) electrons. The van der Waals surface area contributed by atoms with Crippen LogP contribution in [0, 0.1) is 0 Å². The highest BCUT2D eigenvalue weighted by atomic mass is 16.3. The fourth-order valence-corrected chi connectivity index (χ4v) is 0.918. The lowest BCUT2D eigenvalue weighted by molar-refractivity contribution is -0.115. The average Bonchev–Trinajstić information content (AvgIpc) is 2.49. The van der Waals surface area contributed by atoms with Gasteiger partial charge in [0.25, 0.3) is 0 Å². The van der Waals surface area contributed by atoms with Crippen molar-refractivity contribution in [3.8, 4) is 11.3 Å². The van der Waals surface area contributed by atoms with Crippen molar-refractivity contribution in [3.63, 3.8) is 0 Å². The van der Waals surface area contributed by atoms with Gasteiger partial charge in [-0.1, -0.05) is 12.1 Å². The fraction of sp³-hybridized carbons (Fsp3) is 0.100. The van der Waals surface area contributed by atoms with Crippen LogP contribution in [0.5, 0.6) is 0 Å². The summed E-state index contributed by atoms with van der Waals surface area (Å²) in [5.74, 6) is 0.623. The molecule has 0 bridgehead atoms. The Hall–Kier alpha value is -1.77. The van der Waals surface area contributed by atoms with Crippen LogP contribution in [0.4, 0.5) is 0 Å². The number of hydrogen-bond donors (Lipinski definition) is 1. The van der Waals surface area contributed by atoms with E-state index in [2.05, 4.69) is 5.73 Å².